The van der Waals surface area contributed by atoms with Crippen molar-refractivity contribution in [2.45, 2.75) is 52.5 Å². The van der Waals surface area contributed by atoms with Crippen LogP contribution in [0, 0.1) is 11.8 Å². The van der Waals surface area contributed by atoms with Crippen LogP contribution < -0.4 is 0 Å². The van der Waals surface area contributed by atoms with Gasteiger partial charge in [-0.3, -0.25) is 4.99 Å². The Hall–Kier alpha value is -0.370. The maximum absolute atomic E-state index is 5.14. The smallest absolute Gasteiger partial charge is 0.0523 e. The molecule has 0 saturated heterocycles. The van der Waals surface area contributed by atoms with Crippen molar-refractivity contribution in [1.82, 2.24) is 0 Å². The van der Waals surface area contributed by atoms with Gasteiger partial charge in [-0.25, -0.2) is 0 Å². The van der Waals surface area contributed by atoms with Crippen LogP contribution in [0.5, 0.6) is 0 Å². The highest BCUT2D eigenvalue weighted by molar-refractivity contribution is 5.24. The Balaban J connectivity index is 4.13. The molecule has 0 fully saturated rings. The predicted octanol–water partition coefficient (Wildman–Crippen LogP) is 3.55. The van der Waals surface area contributed by atoms with Crippen molar-refractivity contribution in [1.29, 1.82) is 0 Å². The second-order valence-corrected chi connectivity index (χ2v) is 4.45. The molecular formula is C13H27NO. The molecule has 0 radical (unpaired) electrons. The molecule has 0 aliphatic rings. The molecule has 3 atom stereocenters. The van der Waals surface area contributed by atoms with Crippen LogP contribution in [0.15, 0.2) is 4.99 Å². The molecule has 0 aliphatic heterocycles. The molecule has 3 unspecified atom stereocenters. The van der Waals surface area contributed by atoms with Gasteiger partial charge in [0.25, 0.3) is 0 Å². The van der Waals surface area contributed by atoms with Gasteiger partial charge < -0.3 is 4.74 Å². The molecule has 0 N–H and O–H groups in total. The number of nitrogens with zero attached hydrogens (tertiary/aromatic N) is 1. The van der Waals surface area contributed by atoms with Gasteiger partial charge in [0.1, 0.15) is 0 Å². The van der Waals surface area contributed by atoms with Crippen LogP contribution in [0.3, 0.4) is 0 Å². The van der Waals surface area contributed by atoms with E-state index in [1.54, 1.807) is 7.11 Å². The summed E-state index contributed by atoms with van der Waals surface area (Å²) in [5.74, 6) is 1.38. The van der Waals surface area contributed by atoms with Crippen molar-refractivity contribution in [3.05, 3.63) is 0 Å². The lowest BCUT2D eigenvalue weighted by Crippen LogP contribution is -2.22. The summed E-state index contributed by atoms with van der Waals surface area (Å²) in [7, 11) is 1.76. The average Bonchev–Trinajstić information content (AvgIpc) is 2.27. The molecular weight excluding hydrogens is 186 g/mol. The lowest BCUT2D eigenvalue weighted by molar-refractivity contribution is 0.165. The Labute approximate surface area is 95.1 Å². The molecule has 90 valence electrons. The second-order valence-electron chi connectivity index (χ2n) is 4.45. The summed E-state index contributed by atoms with van der Waals surface area (Å²) in [6.07, 6.45) is 4.67. The lowest BCUT2D eigenvalue weighted by Gasteiger charge is -2.24. The Morgan fingerprint density at radius 1 is 1.27 bits per heavy atom. The van der Waals surface area contributed by atoms with E-state index in [-0.39, 0.29) is 0 Å². The highest BCUT2D eigenvalue weighted by Gasteiger charge is 2.19. The number of methoxy groups -OCH3 is 1. The van der Waals surface area contributed by atoms with E-state index >= 15 is 0 Å². The van der Waals surface area contributed by atoms with Crippen molar-refractivity contribution in [2.24, 2.45) is 16.8 Å². The van der Waals surface area contributed by atoms with Crippen molar-refractivity contribution >= 4 is 6.72 Å². The van der Waals surface area contributed by atoms with Gasteiger partial charge in [0, 0.05) is 13.7 Å². The van der Waals surface area contributed by atoms with Gasteiger partial charge in [0.05, 0.1) is 6.04 Å². The van der Waals surface area contributed by atoms with E-state index in [1.807, 2.05) is 0 Å². The number of hydrogen-bond acceptors (Lipinski definition) is 2. The summed E-state index contributed by atoms with van der Waals surface area (Å²) < 4.78 is 5.14. The van der Waals surface area contributed by atoms with Crippen LogP contribution >= 0.6 is 0 Å². The van der Waals surface area contributed by atoms with Crippen molar-refractivity contribution in [3.8, 4) is 0 Å². The summed E-state index contributed by atoms with van der Waals surface area (Å²) >= 11 is 0. The Morgan fingerprint density at radius 3 is 2.33 bits per heavy atom. The standard InChI is InChI=1S/C13H27NO/c1-6-11(3)10-13(14-4)12(7-2)8-9-15-5/h11-13H,4,6-10H2,1-3,5H3. The number of aliphatic imine (C=N–C) groups is 1. The van der Waals surface area contributed by atoms with E-state index in [2.05, 4.69) is 32.5 Å². The van der Waals surface area contributed by atoms with Gasteiger partial charge in [-0.05, 0) is 31.4 Å². The first-order valence-corrected chi connectivity index (χ1v) is 6.14. The minimum Gasteiger partial charge on any atom is -0.385 e. The molecule has 0 heterocycles. The van der Waals surface area contributed by atoms with Crippen LogP contribution in [0.1, 0.15) is 46.5 Å². The molecule has 0 aromatic carbocycles. The van der Waals surface area contributed by atoms with Crippen LogP contribution in [-0.2, 0) is 4.74 Å². The molecule has 0 spiro atoms. The van der Waals surface area contributed by atoms with Gasteiger partial charge >= 0.3 is 0 Å². The molecule has 2 nitrogen and oxygen atoms in total. The van der Waals surface area contributed by atoms with Gasteiger partial charge in [0.15, 0.2) is 0 Å². The Bertz CT molecular complexity index is 159. The van der Waals surface area contributed by atoms with E-state index < -0.39 is 0 Å². The van der Waals surface area contributed by atoms with Crippen LogP contribution in [0.2, 0.25) is 0 Å². The molecule has 0 bridgehead atoms. The first-order valence-electron chi connectivity index (χ1n) is 6.14. The summed E-state index contributed by atoms with van der Waals surface area (Å²) in [5.41, 5.74) is 0. The largest absolute Gasteiger partial charge is 0.385 e. The molecule has 15 heavy (non-hydrogen) atoms. The maximum atomic E-state index is 5.14. The highest BCUT2D eigenvalue weighted by atomic mass is 16.5. The molecule has 0 aromatic rings. The topological polar surface area (TPSA) is 21.6 Å². The van der Waals surface area contributed by atoms with Crippen LogP contribution in [0.25, 0.3) is 0 Å². The van der Waals surface area contributed by atoms with E-state index in [9.17, 15) is 0 Å². The minimum absolute atomic E-state index is 0.417. The normalized spacial score (nSPS) is 17.1. The molecule has 0 rings (SSSR count). The molecule has 0 saturated carbocycles. The predicted molar refractivity (Wildman–Crippen MR) is 67.7 cm³/mol. The highest BCUT2D eigenvalue weighted by Crippen LogP contribution is 2.23. The first-order chi connectivity index (χ1) is 7.19. The zero-order chi connectivity index (χ0) is 11.7. The average molecular weight is 213 g/mol. The van der Waals surface area contributed by atoms with Crippen molar-refractivity contribution < 1.29 is 4.74 Å². The zero-order valence-electron chi connectivity index (χ0n) is 10.8. The third-order valence-electron chi connectivity index (χ3n) is 3.34. The molecule has 2 heteroatoms. The third kappa shape index (κ3) is 5.93. The van der Waals surface area contributed by atoms with E-state index in [1.165, 1.54) is 19.3 Å². The minimum atomic E-state index is 0.417. The van der Waals surface area contributed by atoms with Crippen LogP contribution in [0.4, 0.5) is 0 Å². The Kier molecular flexibility index (Phi) is 8.68. The summed E-state index contributed by atoms with van der Waals surface area (Å²) in [5, 5.41) is 0. The van der Waals surface area contributed by atoms with E-state index in [0.717, 1.165) is 18.9 Å². The van der Waals surface area contributed by atoms with E-state index in [4.69, 9.17) is 4.74 Å². The van der Waals surface area contributed by atoms with Crippen molar-refractivity contribution in [3.63, 3.8) is 0 Å². The first kappa shape index (κ1) is 14.6. The number of hydrogen-bond donors (Lipinski definition) is 0. The lowest BCUT2D eigenvalue weighted by atomic mass is 9.87. The monoisotopic (exact) mass is 213 g/mol. The summed E-state index contributed by atoms with van der Waals surface area (Å²) in [6.45, 7) is 11.3. The number of ether oxygens (including phenoxy) is 1. The molecule has 0 amide bonds. The maximum Gasteiger partial charge on any atom is 0.0523 e. The Morgan fingerprint density at radius 2 is 1.93 bits per heavy atom. The fraction of sp³-hybridized carbons (Fsp3) is 0.923. The summed E-state index contributed by atoms with van der Waals surface area (Å²) in [4.78, 5) is 4.29. The second kappa shape index (κ2) is 8.90. The van der Waals surface area contributed by atoms with Gasteiger partial charge in [0.2, 0.25) is 0 Å². The SMILES string of the molecule is C=NC(CC(C)CC)C(CC)CCOC. The number of rotatable bonds is 9. The van der Waals surface area contributed by atoms with Gasteiger partial charge in [-0.2, -0.15) is 0 Å². The zero-order valence-corrected chi connectivity index (χ0v) is 10.8. The van der Waals surface area contributed by atoms with Gasteiger partial charge in [-0.15, -0.1) is 0 Å². The quantitative estimate of drug-likeness (QED) is 0.537. The fourth-order valence-corrected chi connectivity index (χ4v) is 1.93. The molecule has 0 aromatic heterocycles. The van der Waals surface area contributed by atoms with Crippen molar-refractivity contribution in [2.75, 3.05) is 13.7 Å². The van der Waals surface area contributed by atoms with Gasteiger partial charge in [-0.1, -0.05) is 33.6 Å². The molecule has 0 aliphatic carbocycles. The third-order valence-corrected chi connectivity index (χ3v) is 3.34. The van der Waals surface area contributed by atoms with E-state index in [0.29, 0.717) is 12.0 Å². The summed E-state index contributed by atoms with van der Waals surface area (Å²) in [6, 6.07) is 0.417. The van der Waals surface area contributed by atoms with Crippen LogP contribution in [-0.4, -0.2) is 26.5 Å². The fourth-order valence-electron chi connectivity index (χ4n) is 1.93.